The molecular weight excluding hydrogens is 418 g/mol. The van der Waals surface area contributed by atoms with Gasteiger partial charge in [-0.3, -0.25) is 4.99 Å². The Morgan fingerprint density at radius 2 is 1.83 bits per heavy atom. The second-order valence-electron chi connectivity index (χ2n) is 5.97. The van der Waals surface area contributed by atoms with Crippen LogP contribution in [0.1, 0.15) is 31.9 Å². The van der Waals surface area contributed by atoms with E-state index in [0.717, 1.165) is 17.7 Å². The van der Waals surface area contributed by atoms with E-state index >= 15 is 0 Å². The molecule has 0 spiro atoms. The highest BCUT2D eigenvalue weighted by Crippen LogP contribution is 2.32. The summed E-state index contributed by atoms with van der Waals surface area (Å²) in [4.78, 5) is 4.20. The molecule has 1 aromatic carbocycles. The van der Waals surface area contributed by atoms with Gasteiger partial charge in [-0.05, 0) is 18.6 Å². The zero-order chi connectivity index (χ0) is 17.0. The molecule has 1 rings (SSSR count). The quantitative estimate of drug-likeness (QED) is 0.313. The molecule has 0 aromatic heterocycles. The van der Waals surface area contributed by atoms with Gasteiger partial charge in [0, 0.05) is 12.0 Å². The summed E-state index contributed by atoms with van der Waals surface area (Å²) < 4.78 is 38.3. The topological polar surface area (TPSA) is 50.4 Å². The molecule has 0 aliphatic carbocycles. The zero-order valence-corrected chi connectivity index (χ0v) is 15.8. The van der Waals surface area contributed by atoms with E-state index in [-0.39, 0.29) is 36.5 Å². The highest BCUT2D eigenvalue weighted by molar-refractivity contribution is 14.0. The lowest BCUT2D eigenvalue weighted by Crippen LogP contribution is -2.34. The molecule has 0 amide bonds. The van der Waals surface area contributed by atoms with Gasteiger partial charge in [-0.2, -0.15) is 13.2 Å². The predicted octanol–water partition coefficient (Wildman–Crippen LogP) is 4.08. The predicted molar refractivity (Wildman–Crippen MR) is 99.2 cm³/mol. The zero-order valence-electron chi connectivity index (χ0n) is 13.5. The van der Waals surface area contributed by atoms with Gasteiger partial charge >= 0.3 is 6.18 Å². The van der Waals surface area contributed by atoms with E-state index in [2.05, 4.69) is 16.9 Å². The van der Waals surface area contributed by atoms with Crippen molar-refractivity contribution < 1.29 is 13.2 Å². The highest BCUT2D eigenvalue weighted by Gasteiger charge is 2.32. The van der Waals surface area contributed by atoms with E-state index in [1.165, 1.54) is 6.07 Å². The van der Waals surface area contributed by atoms with Crippen molar-refractivity contribution in [1.29, 1.82) is 0 Å². The van der Waals surface area contributed by atoms with Gasteiger partial charge in [0.2, 0.25) is 0 Å². The first-order valence-electron chi connectivity index (χ1n) is 6.88. The van der Waals surface area contributed by atoms with E-state index in [9.17, 15) is 13.2 Å². The summed E-state index contributed by atoms with van der Waals surface area (Å²) in [5.74, 6) is 0.253. The molecular formula is C16H23F3IN3. The van der Waals surface area contributed by atoms with Crippen molar-refractivity contribution in [2.75, 3.05) is 13.1 Å². The second kappa shape index (κ2) is 8.56. The monoisotopic (exact) mass is 441 g/mol. The van der Waals surface area contributed by atoms with Gasteiger partial charge in [-0.25, -0.2) is 0 Å². The molecule has 3 nitrogen and oxygen atoms in total. The van der Waals surface area contributed by atoms with Gasteiger partial charge in [-0.15, -0.1) is 24.0 Å². The van der Waals surface area contributed by atoms with Crippen molar-refractivity contribution in [1.82, 2.24) is 5.32 Å². The fraction of sp³-hybridized carbons (Fsp3) is 0.438. The van der Waals surface area contributed by atoms with Crippen LogP contribution in [0.2, 0.25) is 0 Å². The number of hydrogen-bond acceptors (Lipinski definition) is 1. The molecule has 0 aliphatic rings. The lowest BCUT2D eigenvalue weighted by atomic mass is 9.84. The van der Waals surface area contributed by atoms with Crippen LogP contribution in [-0.4, -0.2) is 19.0 Å². The number of nitrogens with two attached hydrogens (primary N) is 1. The molecule has 0 unspecified atom stereocenters. The normalized spacial score (nSPS) is 12.5. The van der Waals surface area contributed by atoms with Crippen LogP contribution in [0.3, 0.4) is 0 Å². The van der Waals surface area contributed by atoms with Crippen LogP contribution in [0.4, 0.5) is 13.2 Å². The Bertz CT molecular complexity index is 566. The molecule has 0 saturated heterocycles. The van der Waals surface area contributed by atoms with Crippen LogP contribution < -0.4 is 11.1 Å². The minimum atomic E-state index is -4.35. The number of alkyl halides is 3. The van der Waals surface area contributed by atoms with Crippen LogP contribution >= 0.6 is 24.0 Å². The number of benzene rings is 1. The van der Waals surface area contributed by atoms with Gasteiger partial charge in [0.25, 0.3) is 0 Å². The number of nitrogens with one attached hydrogen (secondary N) is 1. The molecule has 0 saturated carbocycles. The average Bonchev–Trinajstić information content (AvgIpc) is 2.42. The first-order valence-corrected chi connectivity index (χ1v) is 6.88. The van der Waals surface area contributed by atoms with Crippen molar-refractivity contribution in [3.63, 3.8) is 0 Å². The number of aliphatic imine (C=N–C) groups is 1. The summed E-state index contributed by atoms with van der Waals surface area (Å²) in [5.41, 5.74) is 5.99. The lowest BCUT2D eigenvalue weighted by molar-refractivity contribution is -0.137. The van der Waals surface area contributed by atoms with E-state index in [1.54, 1.807) is 6.07 Å². The molecule has 1 aromatic rings. The van der Waals surface area contributed by atoms with E-state index in [1.807, 2.05) is 20.8 Å². The van der Waals surface area contributed by atoms with Crippen LogP contribution in [-0.2, 0) is 11.6 Å². The van der Waals surface area contributed by atoms with E-state index in [4.69, 9.17) is 5.73 Å². The fourth-order valence-corrected chi connectivity index (χ4v) is 1.79. The molecule has 7 heteroatoms. The fourth-order valence-electron chi connectivity index (χ4n) is 1.79. The van der Waals surface area contributed by atoms with Crippen LogP contribution in [0.5, 0.6) is 0 Å². The Morgan fingerprint density at radius 1 is 1.26 bits per heavy atom. The molecule has 0 heterocycles. The first kappa shape index (κ1) is 21.8. The molecule has 0 fully saturated rings. The Hall–Kier alpha value is -1.25. The molecule has 0 atom stereocenters. The number of rotatable bonds is 5. The van der Waals surface area contributed by atoms with Crippen molar-refractivity contribution in [3.8, 4) is 0 Å². The van der Waals surface area contributed by atoms with Gasteiger partial charge < -0.3 is 11.1 Å². The van der Waals surface area contributed by atoms with Crippen molar-refractivity contribution in [2.45, 2.75) is 32.4 Å². The summed E-state index contributed by atoms with van der Waals surface area (Å²) in [6.45, 7) is 10.0. The number of halogens is 4. The number of hydrogen-bond donors (Lipinski definition) is 2. The van der Waals surface area contributed by atoms with Crippen LogP contribution in [0.15, 0.2) is 41.4 Å². The third-order valence-corrected chi connectivity index (χ3v) is 3.19. The number of nitrogens with zero attached hydrogens (tertiary/aromatic N) is 1. The minimum Gasteiger partial charge on any atom is -0.370 e. The average molecular weight is 441 g/mol. The van der Waals surface area contributed by atoms with Gasteiger partial charge in [-0.1, -0.05) is 44.2 Å². The third-order valence-electron chi connectivity index (χ3n) is 3.19. The SMILES string of the molecule is C=C(C)CNC(N)=NCC(C)(C)c1cccc(C(F)(F)F)c1.I. The minimum absolute atomic E-state index is 0. The molecule has 3 N–H and O–H groups in total. The van der Waals surface area contributed by atoms with Gasteiger partial charge in [0.05, 0.1) is 12.1 Å². The van der Waals surface area contributed by atoms with Crippen molar-refractivity contribution >= 4 is 29.9 Å². The first-order chi connectivity index (χ1) is 10.0. The van der Waals surface area contributed by atoms with E-state index in [0.29, 0.717) is 12.1 Å². The maximum absolute atomic E-state index is 12.8. The van der Waals surface area contributed by atoms with Gasteiger partial charge in [0.15, 0.2) is 5.96 Å². The van der Waals surface area contributed by atoms with Crippen LogP contribution in [0, 0.1) is 0 Å². The Morgan fingerprint density at radius 3 is 2.35 bits per heavy atom. The molecule has 130 valence electrons. The second-order valence-corrected chi connectivity index (χ2v) is 5.97. The van der Waals surface area contributed by atoms with Gasteiger partial charge in [0.1, 0.15) is 0 Å². The summed E-state index contributed by atoms with van der Waals surface area (Å²) >= 11 is 0. The Balaban J connectivity index is 0.00000484. The largest absolute Gasteiger partial charge is 0.416 e. The van der Waals surface area contributed by atoms with Crippen molar-refractivity contribution in [3.05, 3.63) is 47.5 Å². The molecule has 0 bridgehead atoms. The summed E-state index contributed by atoms with van der Waals surface area (Å²) in [5, 5.41) is 2.89. The maximum Gasteiger partial charge on any atom is 0.416 e. The highest BCUT2D eigenvalue weighted by atomic mass is 127. The molecule has 0 radical (unpaired) electrons. The van der Waals surface area contributed by atoms with Crippen molar-refractivity contribution in [2.24, 2.45) is 10.7 Å². The van der Waals surface area contributed by atoms with Crippen LogP contribution in [0.25, 0.3) is 0 Å². The van der Waals surface area contributed by atoms with E-state index < -0.39 is 17.2 Å². The third kappa shape index (κ3) is 7.24. The maximum atomic E-state index is 12.8. The standard InChI is InChI=1S/C16H22F3N3.HI/c1-11(2)9-21-14(20)22-10-15(3,4)12-6-5-7-13(8-12)16(17,18)19;/h5-8H,1,9-10H2,2-4H3,(H3,20,21,22);1H. The lowest BCUT2D eigenvalue weighted by Gasteiger charge is -2.24. The molecule has 23 heavy (non-hydrogen) atoms. The summed E-state index contributed by atoms with van der Waals surface area (Å²) in [6, 6.07) is 5.30. The Labute approximate surface area is 152 Å². The Kier molecular flexibility index (Phi) is 8.09. The smallest absolute Gasteiger partial charge is 0.370 e. The number of guanidine groups is 1. The summed E-state index contributed by atoms with van der Waals surface area (Å²) in [7, 11) is 0. The summed E-state index contributed by atoms with van der Waals surface area (Å²) in [6.07, 6.45) is -4.35. The molecule has 0 aliphatic heterocycles.